The molecule has 1 saturated carbocycles. The van der Waals surface area contributed by atoms with Crippen LogP contribution in [0.25, 0.3) is 0 Å². The first-order valence-electron chi connectivity index (χ1n) is 6.80. The van der Waals surface area contributed by atoms with Crippen LogP contribution in [0, 0.1) is 18.7 Å². The van der Waals surface area contributed by atoms with E-state index in [9.17, 15) is 17.9 Å². The first-order chi connectivity index (χ1) is 9.33. The lowest BCUT2D eigenvalue weighted by Crippen LogP contribution is -2.46. The Morgan fingerprint density at radius 3 is 2.65 bits per heavy atom. The van der Waals surface area contributed by atoms with Gasteiger partial charge in [0.25, 0.3) is 0 Å². The highest BCUT2D eigenvalue weighted by atomic mass is 32.2. The SMILES string of the molecule is CCC(NS(=O)(=O)c1cc(C)ccc1F)C1CC(O)C1. The van der Waals surface area contributed by atoms with Gasteiger partial charge in [0.15, 0.2) is 0 Å². The summed E-state index contributed by atoms with van der Waals surface area (Å²) in [4.78, 5) is -0.309. The number of aliphatic hydroxyl groups is 1. The molecule has 0 aromatic heterocycles. The molecule has 2 N–H and O–H groups in total. The van der Waals surface area contributed by atoms with E-state index in [1.807, 2.05) is 6.92 Å². The standard InChI is InChI=1S/C14H20FNO3S/c1-3-13(10-7-11(17)8-10)16-20(18,19)14-6-9(2)4-5-12(14)15/h4-6,10-11,13,16-17H,3,7-8H2,1-2H3. The second-order valence-corrected chi connectivity index (χ2v) is 7.14. The van der Waals surface area contributed by atoms with Crippen LogP contribution in [0.1, 0.15) is 31.7 Å². The van der Waals surface area contributed by atoms with Crippen molar-refractivity contribution < 1.29 is 17.9 Å². The summed E-state index contributed by atoms with van der Waals surface area (Å²) in [5.41, 5.74) is 0.693. The molecule has 0 bridgehead atoms. The van der Waals surface area contributed by atoms with Gasteiger partial charge < -0.3 is 5.11 Å². The number of hydrogen-bond donors (Lipinski definition) is 2. The number of rotatable bonds is 5. The van der Waals surface area contributed by atoms with E-state index in [2.05, 4.69) is 4.72 Å². The minimum absolute atomic E-state index is 0.123. The van der Waals surface area contributed by atoms with Crippen molar-refractivity contribution in [2.24, 2.45) is 5.92 Å². The van der Waals surface area contributed by atoms with Crippen molar-refractivity contribution in [2.75, 3.05) is 0 Å². The molecule has 1 aromatic carbocycles. The zero-order chi connectivity index (χ0) is 14.9. The van der Waals surface area contributed by atoms with Crippen LogP contribution < -0.4 is 4.72 Å². The van der Waals surface area contributed by atoms with E-state index in [-0.39, 0.29) is 23.0 Å². The van der Waals surface area contributed by atoms with E-state index in [0.717, 1.165) is 6.07 Å². The Bertz CT molecular complexity index is 582. The molecule has 2 rings (SSSR count). The van der Waals surface area contributed by atoms with Crippen molar-refractivity contribution in [3.8, 4) is 0 Å². The van der Waals surface area contributed by atoms with Crippen molar-refractivity contribution in [3.63, 3.8) is 0 Å². The summed E-state index contributed by atoms with van der Waals surface area (Å²) in [5.74, 6) is -0.621. The fourth-order valence-electron chi connectivity index (χ4n) is 2.55. The van der Waals surface area contributed by atoms with Crippen molar-refractivity contribution >= 4 is 10.0 Å². The molecule has 1 atom stereocenters. The largest absolute Gasteiger partial charge is 0.393 e. The fourth-order valence-corrected chi connectivity index (χ4v) is 4.10. The molecule has 0 amide bonds. The van der Waals surface area contributed by atoms with Crippen LogP contribution in [0.5, 0.6) is 0 Å². The van der Waals surface area contributed by atoms with Gasteiger partial charge in [-0.05, 0) is 49.8 Å². The van der Waals surface area contributed by atoms with E-state index in [0.29, 0.717) is 24.8 Å². The smallest absolute Gasteiger partial charge is 0.243 e. The molecule has 0 aliphatic heterocycles. The number of halogens is 1. The topological polar surface area (TPSA) is 66.4 Å². The van der Waals surface area contributed by atoms with Crippen molar-refractivity contribution in [3.05, 3.63) is 29.6 Å². The second kappa shape index (κ2) is 5.79. The summed E-state index contributed by atoms with van der Waals surface area (Å²) in [5, 5.41) is 9.32. The zero-order valence-corrected chi connectivity index (χ0v) is 12.5. The van der Waals surface area contributed by atoms with E-state index in [1.165, 1.54) is 12.1 Å². The van der Waals surface area contributed by atoms with Gasteiger partial charge in [-0.3, -0.25) is 0 Å². The van der Waals surface area contributed by atoms with Crippen molar-refractivity contribution in [2.45, 2.75) is 50.2 Å². The fraction of sp³-hybridized carbons (Fsp3) is 0.571. The van der Waals surface area contributed by atoms with Gasteiger partial charge in [-0.15, -0.1) is 0 Å². The third-order valence-electron chi connectivity index (χ3n) is 3.84. The Balaban J connectivity index is 2.19. The van der Waals surface area contributed by atoms with Gasteiger partial charge >= 0.3 is 0 Å². The van der Waals surface area contributed by atoms with Gasteiger partial charge in [-0.2, -0.15) is 0 Å². The highest BCUT2D eigenvalue weighted by Gasteiger charge is 2.35. The second-order valence-electron chi connectivity index (χ2n) is 5.46. The molecule has 1 aliphatic rings. The lowest BCUT2D eigenvalue weighted by Gasteiger charge is -2.37. The summed E-state index contributed by atoms with van der Waals surface area (Å²) in [6.07, 6.45) is 1.47. The maximum Gasteiger partial charge on any atom is 0.243 e. The van der Waals surface area contributed by atoms with E-state index in [4.69, 9.17) is 0 Å². The third-order valence-corrected chi connectivity index (χ3v) is 5.35. The number of aryl methyl sites for hydroxylation is 1. The zero-order valence-electron chi connectivity index (χ0n) is 11.6. The normalized spacial score (nSPS) is 24.2. The highest BCUT2D eigenvalue weighted by Crippen LogP contribution is 2.32. The highest BCUT2D eigenvalue weighted by molar-refractivity contribution is 7.89. The first-order valence-corrected chi connectivity index (χ1v) is 8.28. The molecule has 1 aromatic rings. The molecule has 0 saturated heterocycles. The van der Waals surface area contributed by atoms with Gasteiger partial charge in [-0.1, -0.05) is 13.0 Å². The lowest BCUT2D eigenvalue weighted by atomic mass is 9.77. The maximum absolute atomic E-state index is 13.7. The van der Waals surface area contributed by atoms with Crippen LogP contribution in [0.2, 0.25) is 0 Å². The minimum atomic E-state index is -3.87. The third kappa shape index (κ3) is 3.19. The van der Waals surface area contributed by atoms with Gasteiger partial charge in [0.05, 0.1) is 6.10 Å². The van der Waals surface area contributed by atoms with E-state index in [1.54, 1.807) is 6.92 Å². The molecule has 6 heteroatoms. The Labute approximate surface area is 119 Å². The van der Waals surface area contributed by atoms with Gasteiger partial charge in [0.2, 0.25) is 10.0 Å². The van der Waals surface area contributed by atoms with Gasteiger partial charge in [0, 0.05) is 6.04 Å². The lowest BCUT2D eigenvalue weighted by molar-refractivity contribution is 0.0277. The van der Waals surface area contributed by atoms with Gasteiger partial charge in [-0.25, -0.2) is 17.5 Å². The number of benzene rings is 1. The summed E-state index contributed by atoms with van der Waals surface area (Å²) in [6, 6.07) is 3.77. The van der Waals surface area contributed by atoms with Crippen LogP contribution in [-0.4, -0.2) is 25.7 Å². The van der Waals surface area contributed by atoms with Crippen LogP contribution in [0.4, 0.5) is 4.39 Å². The molecular formula is C14H20FNO3S. The molecule has 0 spiro atoms. The monoisotopic (exact) mass is 301 g/mol. The Morgan fingerprint density at radius 2 is 2.10 bits per heavy atom. The summed E-state index contributed by atoms with van der Waals surface area (Å²) in [6.45, 7) is 3.60. The molecule has 1 unspecified atom stereocenters. The van der Waals surface area contributed by atoms with Crippen molar-refractivity contribution in [1.29, 1.82) is 0 Å². The minimum Gasteiger partial charge on any atom is -0.393 e. The average Bonchev–Trinajstić information content (AvgIpc) is 2.35. The Hall–Kier alpha value is -0.980. The average molecular weight is 301 g/mol. The quantitative estimate of drug-likeness (QED) is 0.873. The van der Waals surface area contributed by atoms with Crippen molar-refractivity contribution in [1.82, 2.24) is 4.72 Å². The number of hydrogen-bond acceptors (Lipinski definition) is 3. The predicted molar refractivity (Wildman–Crippen MR) is 74.3 cm³/mol. The first kappa shape index (κ1) is 15.4. The van der Waals surface area contributed by atoms with E-state index >= 15 is 0 Å². The maximum atomic E-state index is 13.7. The Kier molecular flexibility index (Phi) is 4.46. The molecule has 1 aliphatic carbocycles. The van der Waals surface area contributed by atoms with Gasteiger partial charge in [0.1, 0.15) is 10.7 Å². The number of aliphatic hydroxyl groups excluding tert-OH is 1. The summed E-state index contributed by atoms with van der Waals surface area (Å²) >= 11 is 0. The molecule has 0 heterocycles. The van der Waals surface area contributed by atoms with Crippen LogP contribution in [-0.2, 0) is 10.0 Å². The number of sulfonamides is 1. The number of nitrogens with one attached hydrogen (secondary N) is 1. The van der Waals surface area contributed by atoms with Crippen LogP contribution in [0.15, 0.2) is 23.1 Å². The molecular weight excluding hydrogens is 281 g/mol. The van der Waals surface area contributed by atoms with Crippen LogP contribution >= 0.6 is 0 Å². The Morgan fingerprint density at radius 1 is 1.45 bits per heavy atom. The van der Waals surface area contributed by atoms with Crippen LogP contribution in [0.3, 0.4) is 0 Å². The molecule has 0 radical (unpaired) electrons. The molecule has 20 heavy (non-hydrogen) atoms. The molecule has 4 nitrogen and oxygen atoms in total. The molecule has 1 fully saturated rings. The molecule has 112 valence electrons. The predicted octanol–water partition coefficient (Wildman–Crippen LogP) is 1.96. The summed E-state index contributed by atoms with van der Waals surface area (Å²) in [7, 11) is -3.87. The summed E-state index contributed by atoms with van der Waals surface area (Å²) < 4.78 is 40.9. The van der Waals surface area contributed by atoms with E-state index < -0.39 is 15.8 Å².